The summed E-state index contributed by atoms with van der Waals surface area (Å²) in [5.74, 6) is -0.168. The lowest BCUT2D eigenvalue weighted by Crippen LogP contribution is -2.13. The van der Waals surface area contributed by atoms with Crippen LogP contribution in [0.15, 0.2) is 22.7 Å². The lowest BCUT2D eigenvalue weighted by atomic mass is 10.4. The third kappa shape index (κ3) is 2.53. The van der Waals surface area contributed by atoms with Crippen LogP contribution in [0.4, 0.5) is 6.01 Å². The van der Waals surface area contributed by atoms with Crippen molar-refractivity contribution in [1.29, 1.82) is 0 Å². The van der Waals surface area contributed by atoms with Gasteiger partial charge in [-0.2, -0.15) is 10.2 Å². The molecule has 0 spiro atoms. The SMILES string of the molecule is Cc1cc(-c2nnc(NC(=O)c3ccn(C)n3)o2)nn1C. The summed E-state index contributed by atoms with van der Waals surface area (Å²) in [7, 11) is 3.55. The van der Waals surface area contributed by atoms with Crippen LogP contribution in [0, 0.1) is 6.92 Å². The Kier molecular flexibility index (Phi) is 3.01. The number of anilines is 1. The molecule has 0 aliphatic heterocycles. The predicted molar refractivity (Wildman–Crippen MR) is 72.4 cm³/mol. The number of nitrogens with one attached hydrogen (secondary N) is 1. The van der Waals surface area contributed by atoms with Crippen LogP contribution in [-0.2, 0) is 14.1 Å². The molecule has 0 unspecified atom stereocenters. The normalized spacial score (nSPS) is 10.8. The maximum atomic E-state index is 11.9. The molecule has 3 aromatic heterocycles. The number of aromatic nitrogens is 6. The molecular formula is C12H13N7O2. The van der Waals surface area contributed by atoms with Gasteiger partial charge in [0, 0.05) is 26.0 Å². The molecule has 0 atom stereocenters. The fraction of sp³-hybridized carbons (Fsp3) is 0.250. The van der Waals surface area contributed by atoms with E-state index in [9.17, 15) is 4.79 Å². The molecule has 0 bridgehead atoms. The molecule has 3 heterocycles. The lowest BCUT2D eigenvalue weighted by Gasteiger charge is -1.95. The van der Waals surface area contributed by atoms with Crippen molar-refractivity contribution in [3.63, 3.8) is 0 Å². The van der Waals surface area contributed by atoms with E-state index in [0.717, 1.165) is 5.69 Å². The highest BCUT2D eigenvalue weighted by Crippen LogP contribution is 2.19. The van der Waals surface area contributed by atoms with Gasteiger partial charge in [-0.1, -0.05) is 5.10 Å². The van der Waals surface area contributed by atoms with Gasteiger partial charge in [-0.15, -0.1) is 5.10 Å². The second-order valence-corrected chi connectivity index (χ2v) is 4.54. The van der Waals surface area contributed by atoms with Crippen LogP contribution in [0.3, 0.4) is 0 Å². The molecule has 9 heteroatoms. The first-order valence-corrected chi connectivity index (χ1v) is 6.18. The van der Waals surface area contributed by atoms with Crippen molar-refractivity contribution < 1.29 is 9.21 Å². The minimum absolute atomic E-state index is 0.00367. The molecule has 0 radical (unpaired) electrons. The van der Waals surface area contributed by atoms with Crippen LogP contribution in [0.2, 0.25) is 0 Å². The fourth-order valence-electron chi connectivity index (χ4n) is 1.74. The van der Waals surface area contributed by atoms with Crippen molar-refractivity contribution >= 4 is 11.9 Å². The Hall–Kier alpha value is -2.97. The van der Waals surface area contributed by atoms with Gasteiger partial charge in [0.1, 0.15) is 5.69 Å². The van der Waals surface area contributed by atoms with Crippen LogP contribution in [-0.4, -0.2) is 35.7 Å². The van der Waals surface area contributed by atoms with E-state index in [0.29, 0.717) is 5.69 Å². The fourth-order valence-corrected chi connectivity index (χ4v) is 1.74. The average molecular weight is 287 g/mol. The summed E-state index contributed by atoms with van der Waals surface area (Å²) in [5, 5.41) is 18.3. The van der Waals surface area contributed by atoms with Crippen molar-refractivity contribution in [3.05, 3.63) is 29.7 Å². The van der Waals surface area contributed by atoms with E-state index in [4.69, 9.17) is 4.42 Å². The number of nitrogens with zero attached hydrogens (tertiary/aromatic N) is 6. The number of amides is 1. The van der Waals surface area contributed by atoms with Gasteiger partial charge in [-0.25, -0.2) is 0 Å². The van der Waals surface area contributed by atoms with E-state index in [2.05, 4.69) is 25.7 Å². The number of rotatable bonds is 3. The van der Waals surface area contributed by atoms with Crippen molar-refractivity contribution in [2.24, 2.45) is 14.1 Å². The molecule has 0 fully saturated rings. The Bertz CT molecular complexity index is 779. The summed E-state index contributed by atoms with van der Waals surface area (Å²) in [6.45, 7) is 1.91. The molecule has 1 N–H and O–H groups in total. The molecule has 0 aromatic carbocycles. The van der Waals surface area contributed by atoms with E-state index in [1.807, 2.05) is 20.0 Å². The summed E-state index contributed by atoms with van der Waals surface area (Å²) in [6.07, 6.45) is 1.67. The summed E-state index contributed by atoms with van der Waals surface area (Å²) in [4.78, 5) is 11.9. The van der Waals surface area contributed by atoms with Gasteiger partial charge in [-0.05, 0) is 19.1 Å². The van der Waals surface area contributed by atoms with Gasteiger partial charge in [0.05, 0.1) is 0 Å². The molecule has 0 saturated heterocycles. The monoisotopic (exact) mass is 287 g/mol. The molecule has 0 aliphatic carbocycles. The minimum Gasteiger partial charge on any atom is -0.401 e. The van der Waals surface area contributed by atoms with Crippen molar-refractivity contribution in [3.8, 4) is 11.6 Å². The van der Waals surface area contributed by atoms with Gasteiger partial charge in [0.15, 0.2) is 5.69 Å². The summed E-state index contributed by atoms with van der Waals surface area (Å²) in [6, 6.07) is 3.41. The van der Waals surface area contributed by atoms with Gasteiger partial charge in [-0.3, -0.25) is 19.5 Å². The topological polar surface area (TPSA) is 104 Å². The molecule has 108 valence electrons. The number of aryl methyl sites for hydroxylation is 3. The highest BCUT2D eigenvalue weighted by molar-refractivity contribution is 6.01. The predicted octanol–water partition coefficient (Wildman–Crippen LogP) is 0.764. The van der Waals surface area contributed by atoms with E-state index in [-0.39, 0.29) is 17.6 Å². The first-order valence-electron chi connectivity index (χ1n) is 6.18. The Morgan fingerprint density at radius 1 is 1.29 bits per heavy atom. The first kappa shape index (κ1) is 13.0. The zero-order chi connectivity index (χ0) is 15.0. The molecule has 0 saturated carbocycles. The Balaban J connectivity index is 1.77. The van der Waals surface area contributed by atoms with Crippen LogP contribution in [0.25, 0.3) is 11.6 Å². The standard InChI is InChI=1S/C12H13N7O2/c1-7-6-9(17-19(7)3)11-14-15-12(21-11)13-10(20)8-4-5-18(2)16-8/h4-6H,1-3H3,(H,13,15,20). The maximum Gasteiger partial charge on any atom is 0.322 e. The molecule has 3 aromatic rings. The highest BCUT2D eigenvalue weighted by atomic mass is 16.4. The third-order valence-electron chi connectivity index (χ3n) is 2.92. The van der Waals surface area contributed by atoms with Gasteiger partial charge < -0.3 is 4.42 Å². The number of hydrogen-bond donors (Lipinski definition) is 1. The number of carbonyl (C=O) groups excluding carboxylic acids is 1. The van der Waals surface area contributed by atoms with Gasteiger partial charge >= 0.3 is 6.01 Å². The van der Waals surface area contributed by atoms with Gasteiger partial charge in [0.2, 0.25) is 0 Å². The van der Waals surface area contributed by atoms with Crippen LogP contribution in [0.1, 0.15) is 16.2 Å². The molecule has 21 heavy (non-hydrogen) atoms. The lowest BCUT2D eigenvalue weighted by molar-refractivity contribution is 0.101. The Morgan fingerprint density at radius 3 is 2.71 bits per heavy atom. The van der Waals surface area contributed by atoms with Crippen LogP contribution < -0.4 is 5.32 Å². The Labute approximate surface area is 119 Å². The molecule has 0 aliphatic rings. The summed E-state index contributed by atoms with van der Waals surface area (Å²) < 4.78 is 8.61. The molecule has 3 rings (SSSR count). The number of hydrogen-bond acceptors (Lipinski definition) is 6. The molecular weight excluding hydrogens is 274 g/mol. The van der Waals surface area contributed by atoms with Crippen molar-refractivity contribution in [2.45, 2.75) is 6.92 Å². The van der Waals surface area contributed by atoms with E-state index < -0.39 is 5.91 Å². The molecule has 9 nitrogen and oxygen atoms in total. The van der Waals surface area contributed by atoms with E-state index >= 15 is 0 Å². The number of carbonyl (C=O) groups is 1. The smallest absolute Gasteiger partial charge is 0.322 e. The summed E-state index contributed by atoms with van der Waals surface area (Å²) >= 11 is 0. The zero-order valence-corrected chi connectivity index (χ0v) is 11.7. The average Bonchev–Trinajstić information content (AvgIpc) is 3.12. The molecule has 1 amide bonds. The minimum atomic E-state index is -0.414. The first-order chi connectivity index (χ1) is 10.0. The van der Waals surface area contributed by atoms with Gasteiger partial charge in [0.25, 0.3) is 11.8 Å². The third-order valence-corrected chi connectivity index (χ3v) is 2.92. The second-order valence-electron chi connectivity index (χ2n) is 4.54. The van der Waals surface area contributed by atoms with Crippen molar-refractivity contribution in [1.82, 2.24) is 29.8 Å². The zero-order valence-electron chi connectivity index (χ0n) is 11.7. The Morgan fingerprint density at radius 2 is 2.10 bits per heavy atom. The van der Waals surface area contributed by atoms with E-state index in [1.54, 1.807) is 24.0 Å². The van der Waals surface area contributed by atoms with E-state index in [1.165, 1.54) is 4.68 Å². The quantitative estimate of drug-likeness (QED) is 0.762. The summed E-state index contributed by atoms with van der Waals surface area (Å²) in [5.41, 5.74) is 1.79. The second kappa shape index (κ2) is 4.85. The van der Waals surface area contributed by atoms with Crippen molar-refractivity contribution in [2.75, 3.05) is 5.32 Å². The largest absolute Gasteiger partial charge is 0.401 e. The highest BCUT2D eigenvalue weighted by Gasteiger charge is 2.16. The maximum absolute atomic E-state index is 11.9. The van der Waals surface area contributed by atoms with Crippen LogP contribution in [0.5, 0.6) is 0 Å². The van der Waals surface area contributed by atoms with Crippen LogP contribution >= 0.6 is 0 Å².